The third-order valence-electron chi connectivity index (χ3n) is 6.30. The number of nitrogens with two attached hydrogens (primary N) is 1. The Morgan fingerprint density at radius 2 is 1.67 bits per heavy atom. The van der Waals surface area contributed by atoms with Gasteiger partial charge in [-0.2, -0.15) is 0 Å². The Hall–Kier alpha value is -3.70. The average Bonchev–Trinajstić information content (AvgIpc) is 3.29. The largest absolute Gasteiger partial charge is 0.457 e. The number of likely N-dealkylation sites (tertiary alicyclic amines) is 1. The van der Waals surface area contributed by atoms with E-state index in [1.54, 1.807) is 12.1 Å². The molecule has 4 nitrogen and oxygen atoms in total. The van der Waals surface area contributed by atoms with E-state index in [1.165, 1.54) is 23.3 Å². The summed E-state index contributed by atoms with van der Waals surface area (Å²) < 4.78 is 19.5. The highest BCUT2D eigenvalue weighted by Crippen LogP contribution is 2.35. The lowest BCUT2D eigenvalue weighted by molar-refractivity contribution is 0.100. The van der Waals surface area contributed by atoms with E-state index in [0.717, 1.165) is 42.5 Å². The zero-order chi connectivity index (χ0) is 22.8. The Morgan fingerprint density at radius 1 is 0.939 bits per heavy atom. The SMILES string of the molecule is NC(=O)c1ccc(Oc2ccc(CN3CCCC3c3ccc(F)cc3)cc2)c2ccccc12. The monoisotopic (exact) mass is 440 g/mol. The van der Waals surface area contributed by atoms with E-state index in [0.29, 0.717) is 17.4 Å². The van der Waals surface area contributed by atoms with Crippen LogP contribution in [0.2, 0.25) is 0 Å². The minimum atomic E-state index is -0.456. The van der Waals surface area contributed by atoms with Gasteiger partial charge in [0.2, 0.25) is 5.91 Å². The number of fused-ring (bicyclic) bond motifs is 1. The number of carbonyl (C=O) groups excluding carboxylic acids is 1. The topological polar surface area (TPSA) is 55.6 Å². The van der Waals surface area contributed by atoms with E-state index in [-0.39, 0.29) is 5.82 Å². The van der Waals surface area contributed by atoms with Crippen LogP contribution in [0, 0.1) is 5.82 Å². The van der Waals surface area contributed by atoms with Gasteiger partial charge in [0.25, 0.3) is 0 Å². The summed E-state index contributed by atoms with van der Waals surface area (Å²) in [4.78, 5) is 14.2. The van der Waals surface area contributed by atoms with E-state index < -0.39 is 5.91 Å². The first kappa shape index (κ1) is 21.2. The molecule has 1 unspecified atom stereocenters. The minimum Gasteiger partial charge on any atom is -0.457 e. The first-order valence-corrected chi connectivity index (χ1v) is 11.2. The first-order valence-electron chi connectivity index (χ1n) is 11.2. The fraction of sp³-hybridized carbons (Fsp3) is 0.179. The van der Waals surface area contributed by atoms with Gasteiger partial charge < -0.3 is 10.5 Å². The molecule has 0 saturated carbocycles. The number of amides is 1. The van der Waals surface area contributed by atoms with Gasteiger partial charge in [0.1, 0.15) is 17.3 Å². The number of nitrogens with zero attached hydrogens (tertiary/aromatic N) is 1. The lowest BCUT2D eigenvalue weighted by Crippen LogP contribution is -2.22. The number of hydrogen-bond donors (Lipinski definition) is 1. The summed E-state index contributed by atoms with van der Waals surface area (Å²) in [5, 5.41) is 1.62. The Labute approximate surface area is 192 Å². The van der Waals surface area contributed by atoms with Gasteiger partial charge in [-0.15, -0.1) is 0 Å². The Bertz CT molecular complexity index is 1290. The summed E-state index contributed by atoms with van der Waals surface area (Å²) in [6, 6.07) is 26.4. The molecule has 1 aliphatic heterocycles. The molecule has 0 aromatic heterocycles. The van der Waals surface area contributed by atoms with E-state index in [2.05, 4.69) is 17.0 Å². The highest BCUT2D eigenvalue weighted by Gasteiger charge is 2.25. The molecule has 1 amide bonds. The van der Waals surface area contributed by atoms with E-state index in [4.69, 9.17) is 10.5 Å². The van der Waals surface area contributed by atoms with Crippen LogP contribution in [0.3, 0.4) is 0 Å². The zero-order valence-electron chi connectivity index (χ0n) is 18.2. The number of halogens is 1. The number of rotatable bonds is 6. The minimum absolute atomic E-state index is 0.198. The maximum absolute atomic E-state index is 13.3. The van der Waals surface area contributed by atoms with Crippen LogP contribution in [0.4, 0.5) is 4.39 Å². The van der Waals surface area contributed by atoms with Crippen molar-refractivity contribution in [1.29, 1.82) is 0 Å². The normalized spacial score (nSPS) is 16.2. The van der Waals surface area contributed by atoms with Crippen molar-refractivity contribution in [3.8, 4) is 11.5 Å². The molecule has 1 atom stereocenters. The number of benzene rings is 4. The molecule has 0 bridgehead atoms. The molecule has 166 valence electrons. The molecular weight excluding hydrogens is 415 g/mol. The van der Waals surface area contributed by atoms with Gasteiger partial charge in [0, 0.05) is 23.5 Å². The molecule has 0 radical (unpaired) electrons. The summed E-state index contributed by atoms with van der Waals surface area (Å²) in [6.07, 6.45) is 2.22. The molecule has 33 heavy (non-hydrogen) atoms. The summed E-state index contributed by atoms with van der Waals surface area (Å²) >= 11 is 0. The van der Waals surface area contributed by atoms with Crippen molar-refractivity contribution in [3.63, 3.8) is 0 Å². The van der Waals surface area contributed by atoms with Crippen LogP contribution < -0.4 is 10.5 Å². The summed E-state index contributed by atoms with van der Waals surface area (Å²) in [6.45, 7) is 1.86. The second-order valence-corrected chi connectivity index (χ2v) is 8.45. The fourth-order valence-corrected chi connectivity index (χ4v) is 4.68. The average molecular weight is 441 g/mol. The predicted molar refractivity (Wildman–Crippen MR) is 128 cm³/mol. The molecule has 5 heteroatoms. The summed E-state index contributed by atoms with van der Waals surface area (Å²) in [5.41, 5.74) is 8.37. The van der Waals surface area contributed by atoms with Crippen LogP contribution in [0.1, 0.15) is 40.4 Å². The third kappa shape index (κ3) is 4.45. The highest BCUT2D eigenvalue weighted by molar-refractivity contribution is 6.08. The molecule has 1 aliphatic rings. The van der Waals surface area contributed by atoms with E-state index in [1.807, 2.05) is 48.5 Å². The third-order valence-corrected chi connectivity index (χ3v) is 6.30. The van der Waals surface area contributed by atoms with E-state index >= 15 is 0 Å². The van der Waals surface area contributed by atoms with Crippen LogP contribution >= 0.6 is 0 Å². The Morgan fingerprint density at radius 3 is 2.39 bits per heavy atom. The van der Waals surface area contributed by atoms with Crippen LogP contribution in [0.25, 0.3) is 10.8 Å². The summed E-state index contributed by atoms with van der Waals surface area (Å²) in [7, 11) is 0. The van der Waals surface area contributed by atoms with Crippen LogP contribution in [-0.4, -0.2) is 17.4 Å². The second-order valence-electron chi connectivity index (χ2n) is 8.45. The highest BCUT2D eigenvalue weighted by atomic mass is 19.1. The predicted octanol–water partition coefficient (Wildman–Crippen LogP) is 6.21. The maximum atomic E-state index is 13.3. The van der Waals surface area contributed by atoms with Crippen molar-refractivity contribution in [2.45, 2.75) is 25.4 Å². The van der Waals surface area contributed by atoms with Crippen molar-refractivity contribution in [2.24, 2.45) is 5.73 Å². The van der Waals surface area contributed by atoms with Crippen LogP contribution in [0.15, 0.2) is 84.9 Å². The molecule has 1 fully saturated rings. The number of hydrogen-bond acceptors (Lipinski definition) is 3. The lowest BCUT2D eigenvalue weighted by Gasteiger charge is -2.25. The van der Waals surface area contributed by atoms with Crippen molar-refractivity contribution >= 4 is 16.7 Å². The van der Waals surface area contributed by atoms with Crippen molar-refractivity contribution in [1.82, 2.24) is 4.90 Å². The van der Waals surface area contributed by atoms with E-state index in [9.17, 15) is 9.18 Å². The fourth-order valence-electron chi connectivity index (χ4n) is 4.68. The van der Waals surface area contributed by atoms with Gasteiger partial charge in [0.05, 0.1) is 0 Å². The molecule has 0 spiro atoms. The van der Waals surface area contributed by atoms with Gasteiger partial charge in [-0.3, -0.25) is 9.69 Å². The first-order chi connectivity index (χ1) is 16.1. The molecule has 1 saturated heterocycles. The zero-order valence-corrected chi connectivity index (χ0v) is 18.2. The molecule has 1 heterocycles. The van der Waals surface area contributed by atoms with Crippen molar-refractivity contribution < 1.29 is 13.9 Å². The second kappa shape index (κ2) is 9.04. The van der Waals surface area contributed by atoms with Gasteiger partial charge in [-0.1, -0.05) is 48.5 Å². The number of carbonyl (C=O) groups is 1. The standard InChI is InChI=1S/C28H25FN2O2/c29-21-11-9-20(10-12-21)26-6-3-17-31(26)18-19-7-13-22(14-8-19)33-27-16-15-25(28(30)32)23-4-1-2-5-24(23)27/h1-2,4-5,7-16,26H,3,6,17-18H2,(H2,30,32). The van der Waals surface area contributed by atoms with Crippen LogP contribution in [-0.2, 0) is 6.54 Å². The lowest BCUT2D eigenvalue weighted by atomic mass is 10.0. The molecule has 5 rings (SSSR count). The van der Waals surface area contributed by atoms with Crippen molar-refractivity contribution in [3.05, 3.63) is 107 Å². The quantitative estimate of drug-likeness (QED) is 0.388. The summed E-state index contributed by atoms with van der Waals surface area (Å²) in [5.74, 6) is 0.755. The smallest absolute Gasteiger partial charge is 0.249 e. The Balaban J connectivity index is 1.32. The van der Waals surface area contributed by atoms with Gasteiger partial charge in [-0.25, -0.2) is 4.39 Å². The molecule has 0 aliphatic carbocycles. The molecule has 2 N–H and O–H groups in total. The number of primary amides is 1. The van der Waals surface area contributed by atoms with Crippen LogP contribution in [0.5, 0.6) is 11.5 Å². The molecule has 4 aromatic rings. The number of ether oxygens (including phenoxy) is 1. The Kier molecular flexibility index (Phi) is 5.80. The van der Waals surface area contributed by atoms with Gasteiger partial charge >= 0.3 is 0 Å². The van der Waals surface area contributed by atoms with Gasteiger partial charge in [-0.05, 0) is 72.3 Å². The van der Waals surface area contributed by atoms with Gasteiger partial charge in [0.15, 0.2) is 0 Å². The van der Waals surface area contributed by atoms with Crippen molar-refractivity contribution in [2.75, 3.05) is 6.54 Å². The maximum Gasteiger partial charge on any atom is 0.249 e. The molecule has 4 aromatic carbocycles. The molecular formula is C28H25FN2O2.